The molecule has 1 nitrogen and oxygen atoms in total. The Hall–Kier alpha value is -4.16. The minimum absolute atomic E-state index is 0.727. The first-order valence-electron chi connectivity index (χ1n) is 15.3. The third-order valence-electron chi connectivity index (χ3n) is 7.87. The molecule has 0 aliphatic heterocycles. The van der Waals surface area contributed by atoms with Crippen molar-refractivity contribution in [1.29, 1.82) is 0 Å². The van der Waals surface area contributed by atoms with Crippen LogP contribution in [-0.2, 0) is 12.6 Å². The maximum absolute atomic E-state index is 7.40. The molecule has 0 spiro atoms. The maximum Gasteiger partial charge on any atom is 0.119 e. The minimum Gasteiger partial charge on any atom is -0.494 e. The van der Waals surface area contributed by atoms with Gasteiger partial charge in [-0.05, 0) is 81.2 Å². The standard InChI is InChI=1S/C41H36ClOP/c42-44(31-33-24-26-37(27-25-33)43-30-14-13-17-32-15-5-1-6-16-32)39-29-28-38(34-18-7-2-8-19-34)40(35-20-9-3-10-21-35)41(39)36-22-11-4-12-23-36/h1-12,15-16,18-29H,13-14,17,30-31H2. The van der Waals surface area contributed by atoms with Gasteiger partial charge < -0.3 is 4.74 Å². The quantitative estimate of drug-likeness (QED) is 0.0989. The van der Waals surface area contributed by atoms with E-state index in [4.69, 9.17) is 16.0 Å². The van der Waals surface area contributed by atoms with Crippen molar-refractivity contribution < 1.29 is 4.74 Å². The van der Waals surface area contributed by atoms with E-state index in [1.807, 2.05) is 0 Å². The van der Waals surface area contributed by atoms with Gasteiger partial charge in [0.25, 0.3) is 0 Å². The lowest BCUT2D eigenvalue weighted by molar-refractivity contribution is 0.307. The molecule has 0 saturated heterocycles. The van der Waals surface area contributed by atoms with E-state index in [0.29, 0.717) is 0 Å². The van der Waals surface area contributed by atoms with Crippen molar-refractivity contribution >= 4 is 23.8 Å². The summed E-state index contributed by atoms with van der Waals surface area (Å²) < 4.78 is 6.06. The lowest BCUT2D eigenvalue weighted by Crippen LogP contribution is -2.08. The van der Waals surface area contributed by atoms with Crippen LogP contribution >= 0.6 is 18.5 Å². The van der Waals surface area contributed by atoms with Crippen molar-refractivity contribution in [2.45, 2.75) is 25.4 Å². The molecule has 0 bridgehead atoms. The summed E-state index contributed by atoms with van der Waals surface area (Å²) in [7, 11) is -1.00. The second-order valence-electron chi connectivity index (χ2n) is 10.9. The third kappa shape index (κ3) is 7.48. The van der Waals surface area contributed by atoms with Gasteiger partial charge in [-0.15, -0.1) is 0 Å². The highest BCUT2D eigenvalue weighted by Gasteiger charge is 2.22. The molecule has 0 heterocycles. The van der Waals surface area contributed by atoms with Crippen LogP contribution in [-0.4, -0.2) is 6.61 Å². The predicted octanol–water partition coefficient (Wildman–Crippen LogP) is 11.6. The van der Waals surface area contributed by atoms with Crippen LogP contribution in [0.5, 0.6) is 5.75 Å². The van der Waals surface area contributed by atoms with Gasteiger partial charge in [-0.25, -0.2) is 0 Å². The molecular weight excluding hydrogens is 575 g/mol. The van der Waals surface area contributed by atoms with E-state index in [1.165, 1.54) is 49.8 Å². The van der Waals surface area contributed by atoms with Gasteiger partial charge >= 0.3 is 0 Å². The molecule has 0 saturated carbocycles. The van der Waals surface area contributed by atoms with Gasteiger partial charge in [-0.2, -0.15) is 0 Å². The first-order valence-corrected chi connectivity index (χ1v) is 17.7. The molecule has 1 atom stereocenters. The lowest BCUT2D eigenvalue weighted by atomic mass is 9.87. The molecule has 0 aromatic heterocycles. The van der Waals surface area contributed by atoms with Crippen LogP contribution in [0.4, 0.5) is 0 Å². The Morgan fingerprint density at radius 3 is 1.64 bits per heavy atom. The highest BCUT2D eigenvalue weighted by molar-refractivity contribution is 7.89. The Morgan fingerprint density at radius 1 is 0.477 bits per heavy atom. The number of aryl methyl sites for hydroxylation is 1. The second-order valence-corrected chi connectivity index (χ2v) is 13.7. The molecule has 44 heavy (non-hydrogen) atoms. The minimum atomic E-state index is -1.00. The van der Waals surface area contributed by atoms with Crippen molar-refractivity contribution in [3.63, 3.8) is 0 Å². The van der Waals surface area contributed by atoms with Crippen LogP contribution in [0.15, 0.2) is 158 Å². The number of hydrogen-bond acceptors (Lipinski definition) is 1. The smallest absolute Gasteiger partial charge is 0.119 e. The fraction of sp³-hybridized carbons (Fsp3) is 0.122. The summed E-state index contributed by atoms with van der Waals surface area (Å²) in [6.45, 7) is 0.727. The van der Waals surface area contributed by atoms with E-state index >= 15 is 0 Å². The molecular formula is C41H36ClOP. The zero-order valence-corrected chi connectivity index (χ0v) is 26.4. The largest absolute Gasteiger partial charge is 0.494 e. The summed E-state index contributed by atoms with van der Waals surface area (Å²) in [5.41, 5.74) is 9.83. The van der Waals surface area contributed by atoms with E-state index in [1.54, 1.807) is 0 Å². The third-order valence-corrected chi connectivity index (χ3v) is 10.3. The average molecular weight is 611 g/mol. The Kier molecular flexibility index (Phi) is 10.2. The van der Waals surface area contributed by atoms with Crippen molar-refractivity contribution in [2.24, 2.45) is 0 Å². The highest BCUT2D eigenvalue weighted by atomic mass is 35.7. The normalized spacial score (nSPS) is 11.7. The Bertz CT molecular complexity index is 1740. The molecule has 6 aromatic carbocycles. The summed E-state index contributed by atoms with van der Waals surface area (Å²) in [5, 5.41) is 1.20. The summed E-state index contributed by atoms with van der Waals surface area (Å²) in [4.78, 5) is 0. The second kappa shape index (κ2) is 15.0. The SMILES string of the molecule is ClP(Cc1ccc(OCCCCc2ccccc2)cc1)c1ccc(-c2ccccc2)c(-c2ccccc2)c1-c1ccccc1. The van der Waals surface area contributed by atoms with E-state index in [-0.39, 0.29) is 0 Å². The van der Waals surface area contributed by atoms with Crippen LogP contribution in [0.3, 0.4) is 0 Å². The zero-order chi connectivity index (χ0) is 30.0. The number of rotatable bonds is 12. The van der Waals surface area contributed by atoms with Gasteiger partial charge in [0.1, 0.15) is 5.75 Å². The fourth-order valence-electron chi connectivity index (χ4n) is 5.66. The van der Waals surface area contributed by atoms with Crippen LogP contribution in [0.2, 0.25) is 0 Å². The summed E-state index contributed by atoms with van der Waals surface area (Å²) >= 11 is 7.40. The molecule has 0 fully saturated rings. The molecule has 0 aliphatic rings. The molecule has 0 amide bonds. The molecule has 6 aromatic rings. The van der Waals surface area contributed by atoms with Crippen molar-refractivity contribution in [3.05, 3.63) is 169 Å². The van der Waals surface area contributed by atoms with Crippen molar-refractivity contribution in [3.8, 4) is 39.1 Å². The molecule has 1 unspecified atom stereocenters. The fourth-order valence-corrected chi connectivity index (χ4v) is 7.91. The highest BCUT2D eigenvalue weighted by Crippen LogP contribution is 2.50. The maximum atomic E-state index is 7.40. The van der Waals surface area contributed by atoms with Gasteiger partial charge in [0.2, 0.25) is 0 Å². The van der Waals surface area contributed by atoms with Gasteiger partial charge in [-0.3, -0.25) is 0 Å². The van der Waals surface area contributed by atoms with Gasteiger partial charge in [0, 0.05) is 13.4 Å². The van der Waals surface area contributed by atoms with E-state index in [2.05, 4.69) is 158 Å². The molecule has 0 aliphatic carbocycles. The predicted molar refractivity (Wildman–Crippen MR) is 190 cm³/mol. The first-order chi connectivity index (χ1) is 21.8. The molecule has 3 heteroatoms. The number of benzene rings is 6. The van der Waals surface area contributed by atoms with Gasteiger partial charge in [-0.1, -0.05) is 157 Å². The van der Waals surface area contributed by atoms with E-state index in [0.717, 1.165) is 37.8 Å². The average Bonchev–Trinajstić information content (AvgIpc) is 3.10. The molecule has 218 valence electrons. The first kappa shape index (κ1) is 29.9. The van der Waals surface area contributed by atoms with E-state index in [9.17, 15) is 0 Å². The van der Waals surface area contributed by atoms with Crippen molar-refractivity contribution in [1.82, 2.24) is 0 Å². The zero-order valence-electron chi connectivity index (χ0n) is 24.8. The number of halogens is 1. The molecule has 0 N–H and O–H groups in total. The summed E-state index contributed by atoms with van der Waals surface area (Å²) in [5.74, 6) is 0.913. The van der Waals surface area contributed by atoms with Crippen LogP contribution in [0.1, 0.15) is 24.0 Å². The van der Waals surface area contributed by atoms with E-state index < -0.39 is 7.27 Å². The Morgan fingerprint density at radius 2 is 1.02 bits per heavy atom. The molecule has 0 radical (unpaired) electrons. The number of unbranched alkanes of at least 4 members (excludes halogenated alkanes) is 1. The summed E-state index contributed by atoms with van der Waals surface area (Å²) in [6, 6.07) is 55.7. The number of ether oxygens (including phenoxy) is 1. The molecule has 6 rings (SSSR count). The van der Waals surface area contributed by atoms with Crippen LogP contribution in [0.25, 0.3) is 33.4 Å². The van der Waals surface area contributed by atoms with Crippen molar-refractivity contribution in [2.75, 3.05) is 6.61 Å². The lowest BCUT2D eigenvalue weighted by Gasteiger charge is -2.23. The monoisotopic (exact) mass is 610 g/mol. The van der Waals surface area contributed by atoms with Crippen LogP contribution < -0.4 is 10.0 Å². The van der Waals surface area contributed by atoms with Gasteiger partial charge in [0.05, 0.1) is 6.61 Å². The number of hydrogen-bond donors (Lipinski definition) is 0. The topological polar surface area (TPSA) is 9.23 Å². The Labute approximate surface area is 267 Å². The Balaban J connectivity index is 1.24. The summed E-state index contributed by atoms with van der Waals surface area (Å²) in [6.07, 6.45) is 4.03. The van der Waals surface area contributed by atoms with Gasteiger partial charge in [0.15, 0.2) is 0 Å². The van der Waals surface area contributed by atoms with Crippen LogP contribution in [0, 0.1) is 0 Å².